The standard InChI is InChI=1S/C15H21NO4S/c1-9-5-12(4)16(8-9)21(19,20)14-7-13(15(17)18)10(2)6-11(14)3/h6-7,9,12H,5,8H2,1-4H3,(H,17,18). The van der Waals surface area contributed by atoms with Crippen LogP contribution in [0.3, 0.4) is 0 Å². The Kier molecular flexibility index (Phi) is 4.13. The molecule has 0 spiro atoms. The minimum absolute atomic E-state index is 0.0408. The average Bonchev–Trinajstić information content (AvgIpc) is 2.68. The van der Waals surface area contributed by atoms with Gasteiger partial charge in [-0.15, -0.1) is 0 Å². The van der Waals surface area contributed by atoms with Gasteiger partial charge in [0, 0.05) is 12.6 Å². The molecule has 1 N–H and O–H groups in total. The number of benzene rings is 1. The molecule has 1 aliphatic heterocycles. The molecular formula is C15H21NO4S. The molecule has 1 aromatic rings. The number of carboxylic acids is 1. The van der Waals surface area contributed by atoms with E-state index in [0.29, 0.717) is 23.6 Å². The second-order valence-corrected chi connectivity index (χ2v) is 7.86. The van der Waals surface area contributed by atoms with E-state index < -0.39 is 16.0 Å². The fraction of sp³-hybridized carbons (Fsp3) is 0.533. The van der Waals surface area contributed by atoms with Gasteiger partial charge >= 0.3 is 5.97 Å². The fourth-order valence-corrected chi connectivity index (χ4v) is 5.06. The van der Waals surface area contributed by atoms with Crippen molar-refractivity contribution in [2.45, 2.75) is 45.1 Å². The smallest absolute Gasteiger partial charge is 0.335 e. The van der Waals surface area contributed by atoms with Crippen LogP contribution < -0.4 is 0 Å². The predicted molar refractivity (Wildman–Crippen MR) is 80.0 cm³/mol. The first-order chi connectivity index (χ1) is 9.64. The van der Waals surface area contributed by atoms with E-state index in [1.807, 2.05) is 13.8 Å². The molecule has 116 valence electrons. The third-order valence-electron chi connectivity index (χ3n) is 4.07. The molecule has 1 fully saturated rings. The van der Waals surface area contributed by atoms with Crippen molar-refractivity contribution >= 4 is 16.0 Å². The van der Waals surface area contributed by atoms with E-state index in [4.69, 9.17) is 0 Å². The molecule has 6 heteroatoms. The van der Waals surface area contributed by atoms with Gasteiger partial charge in [0.2, 0.25) is 10.0 Å². The number of nitrogens with zero attached hydrogens (tertiary/aromatic N) is 1. The topological polar surface area (TPSA) is 74.7 Å². The van der Waals surface area contributed by atoms with E-state index >= 15 is 0 Å². The van der Waals surface area contributed by atoms with Crippen molar-refractivity contribution in [3.63, 3.8) is 0 Å². The van der Waals surface area contributed by atoms with E-state index in [1.165, 1.54) is 10.4 Å². The molecule has 0 bridgehead atoms. The van der Waals surface area contributed by atoms with Crippen molar-refractivity contribution in [1.29, 1.82) is 0 Å². The van der Waals surface area contributed by atoms with Crippen LogP contribution in [0.5, 0.6) is 0 Å². The summed E-state index contributed by atoms with van der Waals surface area (Å²) in [7, 11) is -3.65. The molecule has 0 saturated carbocycles. The van der Waals surface area contributed by atoms with E-state index in [2.05, 4.69) is 0 Å². The molecule has 0 aliphatic carbocycles. The van der Waals surface area contributed by atoms with Gasteiger partial charge in [-0.3, -0.25) is 0 Å². The largest absolute Gasteiger partial charge is 0.478 e. The van der Waals surface area contributed by atoms with Gasteiger partial charge in [0.05, 0.1) is 10.5 Å². The Balaban J connectivity index is 2.55. The van der Waals surface area contributed by atoms with Crippen LogP contribution in [0.25, 0.3) is 0 Å². The van der Waals surface area contributed by atoms with Crippen LogP contribution in [0.1, 0.15) is 41.8 Å². The molecule has 2 atom stereocenters. The Morgan fingerprint density at radius 3 is 2.33 bits per heavy atom. The summed E-state index contributed by atoms with van der Waals surface area (Å²) in [6.45, 7) is 7.78. The Hall–Kier alpha value is -1.40. The predicted octanol–water partition coefficient (Wildman–Crippen LogP) is 2.42. The van der Waals surface area contributed by atoms with E-state index in [0.717, 1.165) is 6.42 Å². The Morgan fingerprint density at radius 1 is 1.24 bits per heavy atom. The van der Waals surface area contributed by atoms with E-state index in [9.17, 15) is 18.3 Å². The molecule has 1 heterocycles. The minimum atomic E-state index is -3.65. The first kappa shape index (κ1) is 16.0. The van der Waals surface area contributed by atoms with Gasteiger partial charge in [-0.25, -0.2) is 13.2 Å². The second kappa shape index (κ2) is 5.42. The fourth-order valence-electron chi connectivity index (χ4n) is 3.06. The number of hydrogen-bond donors (Lipinski definition) is 1. The highest BCUT2D eigenvalue weighted by atomic mass is 32.2. The number of aryl methyl sites for hydroxylation is 2. The number of carboxylic acid groups (broad SMARTS) is 1. The van der Waals surface area contributed by atoms with Crippen LogP contribution in [0, 0.1) is 19.8 Å². The summed E-state index contributed by atoms with van der Waals surface area (Å²) in [5.41, 5.74) is 1.20. The zero-order valence-electron chi connectivity index (χ0n) is 12.8. The van der Waals surface area contributed by atoms with Gasteiger partial charge < -0.3 is 5.11 Å². The highest BCUT2D eigenvalue weighted by molar-refractivity contribution is 7.89. The first-order valence-electron chi connectivity index (χ1n) is 7.01. The Bertz CT molecular complexity index is 681. The zero-order valence-corrected chi connectivity index (χ0v) is 13.6. The summed E-state index contributed by atoms with van der Waals surface area (Å²) in [5, 5.41) is 9.20. The van der Waals surface area contributed by atoms with Crippen LogP contribution in [0.4, 0.5) is 0 Å². The summed E-state index contributed by atoms with van der Waals surface area (Å²) in [6.07, 6.45) is 0.829. The number of hydrogen-bond acceptors (Lipinski definition) is 3. The van der Waals surface area contributed by atoms with Gasteiger partial charge in [-0.2, -0.15) is 4.31 Å². The molecule has 2 rings (SSSR count). The maximum atomic E-state index is 12.8. The first-order valence-corrected chi connectivity index (χ1v) is 8.45. The second-order valence-electron chi connectivity index (χ2n) is 6.00. The molecule has 1 aromatic carbocycles. The normalized spacial score (nSPS) is 23.4. The summed E-state index contributed by atoms with van der Waals surface area (Å²) in [5.74, 6) is -0.786. The van der Waals surface area contributed by atoms with Crippen LogP contribution in [0.15, 0.2) is 17.0 Å². The van der Waals surface area contributed by atoms with Gasteiger partial charge in [0.1, 0.15) is 0 Å². The molecule has 0 radical (unpaired) electrons. The third kappa shape index (κ3) is 2.82. The lowest BCUT2D eigenvalue weighted by Gasteiger charge is -2.22. The minimum Gasteiger partial charge on any atom is -0.478 e. The van der Waals surface area contributed by atoms with Crippen molar-refractivity contribution in [1.82, 2.24) is 4.31 Å². The van der Waals surface area contributed by atoms with Crippen molar-refractivity contribution in [2.75, 3.05) is 6.54 Å². The van der Waals surface area contributed by atoms with Gasteiger partial charge in [0.15, 0.2) is 0 Å². The lowest BCUT2D eigenvalue weighted by Crippen LogP contribution is -2.34. The third-order valence-corrected chi connectivity index (χ3v) is 6.19. The highest BCUT2D eigenvalue weighted by Crippen LogP contribution is 2.31. The van der Waals surface area contributed by atoms with Gasteiger partial charge in [-0.1, -0.05) is 13.0 Å². The lowest BCUT2D eigenvalue weighted by atomic mass is 10.1. The number of rotatable bonds is 3. The Labute approximate surface area is 125 Å². The molecule has 0 aromatic heterocycles. The quantitative estimate of drug-likeness (QED) is 0.930. The Morgan fingerprint density at radius 2 is 1.86 bits per heavy atom. The van der Waals surface area contributed by atoms with Crippen molar-refractivity contribution in [2.24, 2.45) is 5.92 Å². The monoisotopic (exact) mass is 311 g/mol. The van der Waals surface area contributed by atoms with Crippen LogP contribution in [-0.4, -0.2) is 36.4 Å². The lowest BCUT2D eigenvalue weighted by molar-refractivity contribution is 0.0696. The molecule has 0 amide bonds. The van der Waals surface area contributed by atoms with Gasteiger partial charge in [-0.05, 0) is 50.3 Å². The number of aromatic carboxylic acids is 1. The summed E-state index contributed by atoms with van der Waals surface area (Å²) < 4.78 is 27.1. The van der Waals surface area contributed by atoms with E-state index in [-0.39, 0.29) is 16.5 Å². The molecule has 2 unspecified atom stereocenters. The van der Waals surface area contributed by atoms with Crippen molar-refractivity contribution in [3.8, 4) is 0 Å². The van der Waals surface area contributed by atoms with Crippen LogP contribution in [-0.2, 0) is 10.0 Å². The van der Waals surface area contributed by atoms with Crippen molar-refractivity contribution in [3.05, 3.63) is 28.8 Å². The zero-order chi connectivity index (χ0) is 15.9. The number of sulfonamides is 1. The number of carbonyl (C=O) groups is 1. The highest BCUT2D eigenvalue weighted by Gasteiger charge is 2.37. The molecular weight excluding hydrogens is 290 g/mol. The molecule has 1 aliphatic rings. The SMILES string of the molecule is Cc1cc(C)c(S(=O)(=O)N2CC(C)CC2C)cc1C(=O)O. The molecule has 21 heavy (non-hydrogen) atoms. The van der Waals surface area contributed by atoms with E-state index in [1.54, 1.807) is 19.9 Å². The van der Waals surface area contributed by atoms with Crippen LogP contribution >= 0.6 is 0 Å². The summed E-state index contributed by atoms with van der Waals surface area (Å²) >= 11 is 0. The molecule has 5 nitrogen and oxygen atoms in total. The average molecular weight is 311 g/mol. The molecule has 1 saturated heterocycles. The van der Waals surface area contributed by atoms with Crippen LogP contribution in [0.2, 0.25) is 0 Å². The van der Waals surface area contributed by atoms with Gasteiger partial charge in [0.25, 0.3) is 0 Å². The maximum absolute atomic E-state index is 12.8. The maximum Gasteiger partial charge on any atom is 0.335 e. The summed E-state index contributed by atoms with van der Waals surface area (Å²) in [4.78, 5) is 11.3. The summed E-state index contributed by atoms with van der Waals surface area (Å²) in [6, 6.07) is 2.86. The van der Waals surface area contributed by atoms with Crippen molar-refractivity contribution < 1.29 is 18.3 Å².